The van der Waals surface area contributed by atoms with Crippen molar-refractivity contribution in [2.45, 2.75) is 11.8 Å². The first-order valence-corrected chi connectivity index (χ1v) is 20.3. The number of ether oxygens (including phenoxy) is 1. The minimum absolute atomic E-state index is 0. The van der Waals surface area contributed by atoms with Crippen molar-refractivity contribution in [2.24, 2.45) is 10.2 Å². The van der Waals surface area contributed by atoms with E-state index in [2.05, 4.69) is 31.7 Å². The van der Waals surface area contributed by atoms with E-state index in [0.29, 0.717) is 11.4 Å². The van der Waals surface area contributed by atoms with E-state index < -0.39 is 74.1 Å². The fourth-order valence-corrected chi connectivity index (χ4v) is 7.50. The molecule has 0 spiro atoms. The average Bonchev–Trinajstić information content (AvgIpc) is 3.13. The van der Waals surface area contributed by atoms with Gasteiger partial charge in [-0.25, -0.2) is 4.79 Å². The number of para-hydroxylation sites is 2. The van der Waals surface area contributed by atoms with Gasteiger partial charge in [-0.15, -0.1) is 0 Å². The van der Waals surface area contributed by atoms with Gasteiger partial charge in [-0.05, 0) is 102 Å². The summed E-state index contributed by atoms with van der Waals surface area (Å²) < 4.78 is 107. The number of anilines is 4. The molecule has 2 aliphatic carbocycles. The fraction of sp³-hybridized carbons (Fsp3) is 0.0571. The number of hydrogen-bond donors (Lipinski definition) is 7. The Hall–Kier alpha value is -5.56. The van der Waals surface area contributed by atoms with E-state index in [9.17, 15) is 53.3 Å². The van der Waals surface area contributed by atoms with Gasteiger partial charge in [0.05, 0.1) is 23.4 Å². The molecule has 0 aliphatic heterocycles. The second-order valence-corrected chi connectivity index (χ2v) is 16.3. The Labute approximate surface area is 352 Å². The molecule has 294 valence electrons. The number of nitrogens with zero attached hydrogens (tertiary/aromatic N) is 2. The van der Waals surface area contributed by atoms with Crippen LogP contribution >= 0.6 is 0 Å². The smallest absolute Gasteiger partial charge is 0.495 e. The number of rotatable bonds is 10. The molecule has 0 atom stereocenters. The summed E-state index contributed by atoms with van der Waals surface area (Å²) >= 11 is 0. The maximum atomic E-state index is 13.4. The number of benzene rings is 4. The van der Waals surface area contributed by atoms with Gasteiger partial charge < -0.3 is 15.4 Å². The van der Waals surface area contributed by atoms with Gasteiger partial charge in [-0.1, -0.05) is 12.1 Å². The molecule has 2 amide bonds. The van der Waals surface area contributed by atoms with Gasteiger partial charge in [-0.2, -0.15) is 35.5 Å². The van der Waals surface area contributed by atoms with E-state index in [0.717, 1.165) is 24.3 Å². The monoisotopic (exact) mass is 859 g/mol. The molecule has 58 heavy (non-hydrogen) atoms. The minimum Gasteiger partial charge on any atom is -0.495 e. The first-order valence-electron chi connectivity index (χ1n) is 16.0. The first-order chi connectivity index (χ1) is 26.7. The SMILES string of the molecule is COc1ccccc1N/N=C1/C(=O)c2ccc(NC(=O)Nc3ccc4c(c3)C=C(S(=O)(=O)O)/C(=N/Nc3ccc(S(=O)(=O)O)cc3C)C4=O)cc2C=C1S(=O)(=O)O.[Na+]. The molecule has 6 rings (SSSR count). The molecule has 23 heteroatoms. The van der Waals surface area contributed by atoms with Crippen LogP contribution in [0.25, 0.3) is 12.2 Å². The summed E-state index contributed by atoms with van der Waals surface area (Å²) in [4.78, 5) is 37.7. The zero-order valence-corrected chi connectivity index (χ0v) is 34.7. The number of urea groups is 1. The second kappa shape index (κ2) is 16.7. The third-order valence-electron chi connectivity index (χ3n) is 8.31. The number of carbonyl (C=O) groups excluding carboxylic acids is 3. The van der Waals surface area contributed by atoms with E-state index in [-0.39, 0.29) is 74.4 Å². The summed E-state index contributed by atoms with van der Waals surface area (Å²) in [7, 11) is -13.2. The summed E-state index contributed by atoms with van der Waals surface area (Å²) in [5, 5.41) is 12.8. The zero-order chi connectivity index (χ0) is 41.4. The molecule has 0 saturated heterocycles. The molecule has 19 nitrogen and oxygen atoms in total. The van der Waals surface area contributed by atoms with Gasteiger partial charge in [0.25, 0.3) is 30.4 Å². The first kappa shape index (κ1) is 43.6. The summed E-state index contributed by atoms with van der Waals surface area (Å²) in [5.41, 5.74) is 4.51. The molecule has 0 radical (unpaired) electrons. The van der Waals surface area contributed by atoms with Crippen LogP contribution in [0.5, 0.6) is 5.75 Å². The molecule has 0 fully saturated rings. The standard InChI is InChI=1S/C35H28N6O13S3.Na/c1-18-13-23(55(45,46)47)9-12-26(18)38-40-31-29(56(48,49)50)16-19-14-21(7-10-24(19)33(31)42)36-35(44)37-22-8-11-25-20(15-22)17-30(57(51,52)53)32(34(25)43)41-39-27-5-3-4-6-28(27)54-2;/h3-17,38-39H,1-2H3,(H2,36,37,44)(H,45,46,47)(H,48,49,50)(H,51,52,53);/q;+1/b40-31-,41-32+;. The van der Waals surface area contributed by atoms with Crippen LogP contribution in [0.3, 0.4) is 0 Å². The van der Waals surface area contributed by atoms with Crippen molar-refractivity contribution in [2.75, 3.05) is 28.6 Å². The molecule has 0 unspecified atom stereocenters. The zero-order valence-electron chi connectivity index (χ0n) is 30.2. The summed E-state index contributed by atoms with van der Waals surface area (Å²) in [5.74, 6) is -1.44. The largest absolute Gasteiger partial charge is 1.00 e. The van der Waals surface area contributed by atoms with Crippen LogP contribution in [0.2, 0.25) is 0 Å². The number of fused-ring (bicyclic) bond motifs is 2. The number of allylic oxidation sites excluding steroid dienone is 2. The van der Waals surface area contributed by atoms with Gasteiger partial charge in [0, 0.05) is 22.5 Å². The number of carbonyl (C=O) groups is 3. The van der Waals surface area contributed by atoms with Crippen molar-refractivity contribution < 1.29 is 87.6 Å². The van der Waals surface area contributed by atoms with Crippen molar-refractivity contribution in [1.82, 2.24) is 0 Å². The van der Waals surface area contributed by atoms with Gasteiger partial charge in [0.1, 0.15) is 15.6 Å². The topological polar surface area (TPSA) is 296 Å². The fourth-order valence-electron chi connectivity index (χ4n) is 5.62. The van der Waals surface area contributed by atoms with Gasteiger partial charge in [0.15, 0.2) is 11.4 Å². The number of methoxy groups -OCH3 is 1. The number of amides is 2. The molecular weight excluding hydrogens is 832 g/mol. The Morgan fingerprint density at radius 2 is 1.12 bits per heavy atom. The Morgan fingerprint density at radius 3 is 1.57 bits per heavy atom. The van der Waals surface area contributed by atoms with E-state index in [1.807, 2.05) is 0 Å². The molecule has 4 aromatic carbocycles. The number of hydrogen-bond acceptors (Lipinski definition) is 14. The quantitative estimate of drug-likeness (QED) is 0.0678. The molecule has 0 heterocycles. The molecular formula is C35H28N6NaO13S3+. The number of hydrazone groups is 2. The average molecular weight is 860 g/mol. The summed E-state index contributed by atoms with van der Waals surface area (Å²) in [6, 6.07) is 16.8. The Morgan fingerprint density at radius 1 is 0.638 bits per heavy atom. The minimum atomic E-state index is -5.06. The number of nitrogens with one attached hydrogen (secondary N) is 4. The number of aryl methyl sites for hydroxylation is 1. The number of Topliss-reactive ketones (excluding diaryl/α,β-unsaturated/α-hetero) is 2. The van der Waals surface area contributed by atoms with Crippen LogP contribution < -0.4 is 55.8 Å². The molecule has 4 aromatic rings. The molecule has 0 aromatic heterocycles. The number of ketones is 2. The Balaban J connectivity index is 0.00000641. The molecule has 7 N–H and O–H groups in total. The van der Waals surface area contributed by atoms with Crippen LogP contribution in [0, 0.1) is 6.92 Å². The van der Waals surface area contributed by atoms with Crippen LogP contribution in [-0.2, 0) is 30.4 Å². The van der Waals surface area contributed by atoms with E-state index in [1.165, 1.54) is 56.5 Å². The maximum Gasteiger partial charge on any atom is 1.00 e. The van der Waals surface area contributed by atoms with Crippen LogP contribution in [0.15, 0.2) is 104 Å². The van der Waals surface area contributed by atoms with Crippen LogP contribution in [0.4, 0.5) is 27.5 Å². The normalized spacial score (nSPS) is 15.3. The third-order valence-corrected chi connectivity index (χ3v) is 10.9. The second-order valence-electron chi connectivity index (χ2n) is 12.1. The predicted octanol–water partition coefficient (Wildman–Crippen LogP) is 1.68. The Bertz CT molecular complexity index is 2890. The predicted molar refractivity (Wildman–Crippen MR) is 209 cm³/mol. The third kappa shape index (κ3) is 9.41. The molecule has 0 saturated carbocycles. The van der Waals surface area contributed by atoms with Crippen molar-refractivity contribution in [1.29, 1.82) is 0 Å². The molecule has 2 aliphatic rings. The van der Waals surface area contributed by atoms with Crippen LogP contribution in [-0.4, -0.2) is 75.0 Å². The van der Waals surface area contributed by atoms with Crippen molar-refractivity contribution in [3.8, 4) is 5.75 Å². The van der Waals surface area contributed by atoms with Crippen LogP contribution in [0.1, 0.15) is 37.4 Å². The van der Waals surface area contributed by atoms with Gasteiger partial charge in [0.2, 0.25) is 11.6 Å². The maximum absolute atomic E-state index is 13.4. The summed E-state index contributed by atoms with van der Waals surface area (Å²) in [6.45, 7) is 1.46. The van der Waals surface area contributed by atoms with Gasteiger partial charge in [-0.3, -0.25) is 34.1 Å². The van der Waals surface area contributed by atoms with E-state index in [1.54, 1.807) is 24.3 Å². The van der Waals surface area contributed by atoms with E-state index in [4.69, 9.17) is 4.74 Å². The summed E-state index contributed by atoms with van der Waals surface area (Å²) in [6.07, 6.45) is 1.96. The van der Waals surface area contributed by atoms with Crippen molar-refractivity contribution in [3.63, 3.8) is 0 Å². The van der Waals surface area contributed by atoms with Crippen molar-refractivity contribution >= 4 is 94.3 Å². The van der Waals surface area contributed by atoms with E-state index >= 15 is 0 Å². The molecule has 0 bridgehead atoms. The Kier molecular flexibility index (Phi) is 12.6. The van der Waals surface area contributed by atoms with Gasteiger partial charge >= 0.3 is 35.6 Å². The van der Waals surface area contributed by atoms with Crippen molar-refractivity contribution in [3.05, 3.63) is 116 Å².